The van der Waals surface area contributed by atoms with E-state index in [2.05, 4.69) is 30.9 Å². The van der Waals surface area contributed by atoms with Crippen LogP contribution in [0.1, 0.15) is 24.2 Å². The molecule has 0 aliphatic heterocycles. The van der Waals surface area contributed by atoms with Crippen LogP contribution in [-0.2, 0) is 4.74 Å². The van der Waals surface area contributed by atoms with Crippen LogP contribution in [0.15, 0.2) is 77.2 Å². The highest BCUT2D eigenvalue weighted by molar-refractivity contribution is 6.33. The summed E-state index contributed by atoms with van der Waals surface area (Å²) in [5.41, 5.74) is 4.57. The molecule has 5 nitrogen and oxygen atoms in total. The van der Waals surface area contributed by atoms with Gasteiger partial charge in [-0.05, 0) is 62.4 Å². The molecule has 0 radical (unpaired) electrons. The third kappa shape index (κ3) is 4.64. The number of halogens is 1. The number of hydrogen-bond acceptors (Lipinski definition) is 5. The summed E-state index contributed by atoms with van der Waals surface area (Å²) in [5.74, 6) is 0.605. The summed E-state index contributed by atoms with van der Waals surface area (Å²) in [6, 6.07) is 22.8. The van der Waals surface area contributed by atoms with Crippen molar-refractivity contribution < 1.29 is 13.9 Å². The van der Waals surface area contributed by atoms with Crippen LogP contribution in [0.2, 0.25) is 5.02 Å². The van der Waals surface area contributed by atoms with Gasteiger partial charge in [-0.1, -0.05) is 35.9 Å². The summed E-state index contributed by atoms with van der Waals surface area (Å²) in [7, 11) is 1.36. The summed E-state index contributed by atoms with van der Waals surface area (Å²) >= 11 is 6.51. The Kier molecular flexibility index (Phi) is 6.80. The van der Waals surface area contributed by atoms with Gasteiger partial charge in [-0.25, -0.2) is 9.78 Å². The summed E-state index contributed by atoms with van der Waals surface area (Å²) in [6.45, 7) is 6.14. The third-order valence-electron chi connectivity index (χ3n) is 5.54. The Morgan fingerprint density at radius 1 is 0.970 bits per heavy atom. The number of aromatic nitrogens is 1. The molecule has 0 fully saturated rings. The molecular weight excluding hydrogens is 436 g/mol. The molecule has 0 N–H and O–H groups in total. The maximum absolute atomic E-state index is 12.0. The first kappa shape index (κ1) is 22.6. The fourth-order valence-corrected chi connectivity index (χ4v) is 4.01. The van der Waals surface area contributed by atoms with Crippen molar-refractivity contribution in [3.8, 4) is 34.0 Å². The van der Waals surface area contributed by atoms with Crippen molar-refractivity contribution in [1.29, 1.82) is 0 Å². The average molecular weight is 461 g/mol. The van der Waals surface area contributed by atoms with Crippen LogP contribution in [0.4, 0.5) is 5.69 Å². The van der Waals surface area contributed by atoms with Gasteiger partial charge in [0.05, 0.1) is 17.7 Å². The van der Waals surface area contributed by atoms with Crippen molar-refractivity contribution >= 4 is 23.3 Å². The van der Waals surface area contributed by atoms with Crippen molar-refractivity contribution in [1.82, 2.24) is 4.98 Å². The second kappa shape index (κ2) is 9.92. The molecule has 0 unspecified atom stereocenters. The second-order valence-electron chi connectivity index (χ2n) is 7.47. The third-order valence-corrected chi connectivity index (χ3v) is 5.87. The van der Waals surface area contributed by atoms with Crippen molar-refractivity contribution in [2.24, 2.45) is 0 Å². The predicted octanol–water partition coefficient (Wildman–Crippen LogP) is 6.96. The number of nitrogens with zero attached hydrogens (tertiary/aromatic N) is 2. The number of carbonyl (C=O) groups excluding carboxylic acids is 1. The van der Waals surface area contributed by atoms with E-state index in [1.165, 1.54) is 7.11 Å². The van der Waals surface area contributed by atoms with Crippen LogP contribution in [0.25, 0.3) is 34.0 Å². The van der Waals surface area contributed by atoms with Gasteiger partial charge in [-0.15, -0.1) is 0 Å². The Morgan fingerprint density at radius 2 is 1.70 bits per heavy atom. The molecule has 0 aliphatic rings. The molecule has 33 heavy (non-hydrogen) atoms. The van der Waals surface area contributed by atoms with Crippen molar-refractivity contribution in [2.45, 2.75) is 13.8 Å². The van der Waals surface area contributed by atoms with E-state index in [0.29, 0.717) is 33.5 Å². The van der Waals surface area contributed by atoms with Crippen LogP contribution in [0.3, 0.4) is 0 Å². The lowest BCUT2D eigenvalue weighted by Crippen LogP contribution is -2.21. The standard InChI is InChI=1S/C27H25ClN2O3/c1-4-30(5-2)21-15-13-18(14-16-21)25-24(22-11-6-7-12-23(22)28)29-26(33-25)19-9-8-10-20(17-19)27(31)32-3/h6-17H,4-5H2,1-3H3. The molecule has 4 aromatic rings. The normalized spacial score (nSPS) is 10.8. The lowest BCUT2D eigenvalue weighted by atomic mass is 10.1. The van der Waals surface area contributed by atoms with E-state index in [-0.39, 0.29) is 0 Å². The number of hydrogen-bond donors (Lipinski definition) is 0. The Hall–Kier alpha value is -3.57. The van der Waals surface area contributed by atoms with E-state index in [1.54, 1.807) is 18.2 Å². The number of methoxy groups -OCH3 is 1. The van der Waals surface area contributed by atoms with E-state index >= 15 is 0 Å². The first-order valence-electron chi connectivity index (χ1n) is 10.9. The minimum Gasteiger partial charge on any atom is -0.465 e. The van der Waals surface area contributed by atoms with Gasteiger partial charge in [0.15, 0.2) is 5.76 Å². The maximum atomic E-state index is 12.0. The van der Waals surface area contributed by atoms with Crippen molar-refractivity contribution in [3.05, 3.63) is 83.4 Å². The molecule has 0 spiro atoms. The van der Waals surface area contributed by atoms with Crippen molar-refractivity contribution in [2.75, 3.05) is 25.1 Å². The van der Waals surface area contributed by atoms with E-state index in [0.717, 1.165) is 29.9 Å². The van der Waals surface area contributed by atoms with Crippen LogP contribution >= 0.6 is 11.6 Å². The highest BCUT2D eigenvalue weighted by Gasteiger charge is 2.21. The summed E-state index contributed by atoms with van der Waals surface area (Å²) in [6.07, 6.45) is 0. The predicted molar refractivity (Wildman–Crippen MR) is 133 cm³/mol. The second-order valence-corrected chi connectivity index (χ2v) is 7.88. The van der Waals surface area contributed by atoms with Crippen LogP contribution in [0.5, 0.6) is 0 Å². The highest BCUT2D eigenvalue weighted by atomic mass is 35.5. The zero-order valence-electron chi connectivity index (χ0n) is 18.8. The smallest absolute Gasteiger partial charge is 0.337 e. The molecule has 0 amide bonds. The first-order valence-corrected chi connectivity index (χ1v) is 11.2. The van der Waals surface area contributed by atoms with E-state index in [1.807, 2.05) is 42.5 Å². The van der Waals surface area contributed by atoms with Gasteiger partial charge >= 0.3 is 5.97 Å². The Bertz CT molecular complexity index is 1260. The minimum atomic E-state index is -0.415. The fraction of sp³-hybridized carbons (Fsp3) is 0.185. The molecule has 0 atom stereocenters. The number of anilines is 1. The number of ether oxygens (including phenoxy) is 1. The molecule has 3 aromatic carbocycles. The van der Waals surface area contributed by atoms with Crippen LogP contribution in [0, 0.1) is 0 Å². The number of rotatable bonds is 7. The molecule has 4 rings (SSSR count). The lowest BCUT2D eigenvalue weighted by molar-refractivity contribution is 0.0601. The zero-order valence-corrected chi connectivity index (χ0v) is 19.6. The van der Waals surface area contributed by atoms with E-state index in [4.69, 9.17) is 25.7 Å². The minimum absolute atomic E-state index is 0.401. The largest absolute Gasteiger partial charge is 0.465 e. The molecule has 1 aromatic heterocycles. The molecule has 0 bridgehead atoms. The van der Waals surface area contributed by atoms with Crippen molar-refractivity contribution in [3.63, 3.8) is 0 Å². The molecule has 0 saturated heterocycles. The van der Waals surface area contributed by atoms with Gasteiger partial charge in [0.2, 0.25) is 5.89 Å². The monoisotopic (exact) mass is 460 g/mol. The Balaban J connectivity index is 1.84. The molecule has 1 heterocycles. The van der Waals surface area contributed by atoms with Gasteiger partial charge < -0.3 is 14.1 Å². The van der Waals surface area contributed by atoms with E-state index in [9.17, 15) is 4.79 Å². The summed E-state index contributed by atoms with van der Waals surface area (Å²) in [5, 5.41) is 0.585. The topological polar surface area (TPSA) is 55.6 Å². The molecule has 168 valence electrons. The van der Waals surface area contributed by atoms with Gasteiger partial charge in [0.25, 0.3) is 0 Å². The number of oxazole rings is 1. The molecular formula is C27H25ClN2O3. The quantitative estimate of drug-likeness (QED) is 0.279. The summed E-state index contributed by atoms with van der Waals surface area (Å²) < 4.78 is 11.1. The Morgan fingerprint density at radius 3 is 2.36 bits per heavy atom. The van der Waals surface area contributed by atoms with Gasteiger partial charge in [0, 0.05) is 35.5 Å². The SMILES string of the molecule is CCN(CC)c1ccc(-c2oc(-c3cccc(C(=O)OC)c3)nc2-c2ccccc2Cl)cc1. The first-order chi connectivity index (χ1) is 16.0. The van der Waals surface area contributed by atoms with Gasteiger partial charge in [0.1, 0.15) is 5.69 Å². The molecule has 0 aliphatic carbocycles. The van der Waals surface area contributed by atoms with Crippen LogP contribution < -0.4 is 4.90 Å². The zero-order chi connectivity index (χ0) is 23.4. The molecule has 6 heteroatoms. The number of esters is 1. The Labute approximate surface area is 198 Å². The van der Waals surface area contributed by atoms with E-state index < -0.39 is 5.97 Å². The maximum Gasteiger partial charge on any atom is 0.337 e. The highest BCUT2D eigenvalue weighted by Crippen LogP contribution is 2.39. The number of carbonyl (C=O) groups is 1. The summed E-state index contributed by atoms with van der Waals surface area (Å²) in [4.78, 5) is 19.1. The van der Waals surface area contributed by atoms with Gasteiger partial charge in [-0.2, -0.15) is 0 Å². The lowest BCUT2D eigenvalue weighted by Gasteiger charge is -2.21. The van der Waals surface area contributed by atoms with Gasteiger partial charge in [-0.3, -0.25) is 0 Å². The average Bonchev–Trinajstić information content (AvgIpc) is 3.30. The van der Waals surface area contributed by atoms with Crippen LogP contribution in [-0.4, -0.2) is 31.2 Å². The molecule has 0 saturated carbocycles. The number of benzene rings is 3. The fourth-order valence-electron chi connectivity index (χ4n) is 3.78.